The van der Waals surface area contributed by atoms with E-state index in [1.807, 2.05) is 0 Å². The van der Waals surface area contributed by atoms with Crippen LogP contribution in [0, 0.1) is 10.1 Å². The van der Waals surface area contributed by atoms with Crippen molar-refractivity contribution in [2.24, 2.45) is 0 Å². The van der Waals surface area contributed by atoms with Crippen molar-refractivity contribution in [3.8, 4) is 5.75 Å². The summed E-state index contributed by atoms with van der Waals surface area (Å²) in [6.07, 6.45) is 1.42. The molecule has 0 radical (unpaired) electrons. The molecule has 0 saturated carbocycles. The molecule has 9 heteroatoms. The van der Waals surface area contributed by atoms with Crippen LogP contribution in [0.15, 0.2) is 23.1 Å². The van der Waals surface area contributed by atoms with E-state index in [0.717, 1.165) is 18.6 Å². The van der Waals surface area contributed by atoms with Gasteiger partial charge in [0.15, 0.2) is 0 Å². The average molecular weight is 324 g/mol. The molecule has 1 aromatic rings. The van der Waals surface area contributed by atoms with E-state index in [4.69, 9.17) is 20.2 Å². The summed E-state index contributed by atoms with van der Waals surface area (Å²) in [5, 5.41) is 10.6. The number of nitro groups is 1. The summed E-state index contributed by atoms with van der Waals surface area (Å²) in [4.78, 5) is 9.53. The van der Waals surface area contributed by atoms with Gasteiger partial charge in [0.2, 0.25) is 0 Å². The van der Waals surface area contributed by atoms with Gasteiger partial charge in [0.1, 0.15) is 10.6 Å². The highest BCUT2D eigenvalue weighted by atomic mass is 35.7. The molecule has 0 atom stereocenters. The summed E-state index contributed by atoms with van der Waals surface area (Å²) < 4.78 is 33.0. The second-order valence-corrected chi connectivity index (χ2v) is 6.41. The number of methoxy groups -OCH3 is 1. The van der Waals surface area contributed by atoms with Gasteiger partial charge in [-0.3, -0.25) is 10.1 Å². The van der Waals surface area contributed by atoms with Crippen LogP contribution < -0.4 is 4.74 Å². The van der Waals surface area contributed by atoms with Gasteiger partial charge in [-0.25, -0.2) is 8.42 Å². The molecule has 1 rings (SSSR count). The number of benzene rings is 1. The Balaban J connectivity index is 2.87. The first-order valence-electron chi connectivity index (χ1n) is 5.71. The third-order valence-electron chi connectivity index (χ3n) is 2.40. The topological polar surface area (TPSA) is 95.7 Å². The van der Waals surface area contributed by atoms with Crippen LogP contribution in [0.1, 0.15) is 12.8 Å². The summed E-state index contributed by atoms with van der Waals surface area (Å²) in [6, 6.07) is 3.27. The molecule has 0 spiro atoms. The Morgan fingerprint density at radius 2 is 1.95 bits per heavy atom. The van der Waals surface area contributed by atoms with Gasteiger partial charge in [-0.15, -0.1) is 0 Å². The van der Waals surface area contributed by atoms with E-state index in [0.29, 0.717) is 13.0 Å². The Morgan fingerprint density at radius 1 is 1.30 bits per heavy atom. The Labute approximate surface area is 121 Å². The summed E-state index contributed by atoms with van der Waals surface area (Å²) in [5.41, 5.74) is -0.365. The molecule has 0 fully saturated rings. The van der Waals surface area contributed by atoms with Crippen LogP contribution in [-0.4, -0.2) is 33.7 Å². The molecule has 112 valence electrons. The van der Waals surface area contributed by atoms with Crippen LogP contribution in [-0.2, 0) is 13.8 Å². The quantitative estimate of drug-likeness (QED) is 0.315. The monoisotopic (exact) mass is 323 g/mol. The number of hydrogen-bond acceptors (Lipinski definition) is 6. The molecule has 7 nitrogen and oxygen atoms in total. The minimum atomic E-state index is -4.12. The zero-order valence-corrected chi connectivity index (χ0v) is 12.3. The van der Waals surface area contributed by atoms with Crippen molar-refractivity contribution in [2.75, 3.05) is 20.3 Å². The third-order valence-corrected chi connectivity index (χ3v) is 3.74. The molecular weight excluding hydrogens is 310 g/mol. The minimum Gasteiger partial charge on any atom is -0.492 e. The maximum absolute atomic E-state index is 11.4. The van der Waals surface area contributed by atoms with E-state index in [-0.39, 0.29) is 18.0 Å². The maximum Gasteiger partial charge on any atom is 0.271 e. The SMILES string of the molecule is COCCCCOc1ccc([N+](=O)[O-])cc1S(=O)(=O)Cl. The zero-order chi connectivity index (χ0) is 15.2. The number of nitro benzene ring substituents is 1. The van der Waals surface area contributed by atoms with Gasteiger partial charge in [0.05, 0.1) is 11.5 Å². The Kier molecular flexibility index (Phi) is 6.18. The fraction of sp³-hybridized carbons (Fsp3) is 0.455. The predicted molar refractivity (Wildman–Crippen MR) is 72.7 cm³/mol. The van der Waals surface area contributed by atoms with E-state index >= 15 is 0 Å². The molecule has 0 bridgehead atoms. The largest absolute Gasteiger partial charge is 0.492 e. The van der Waals surface area contributed by atoms with Gasteiger partial charge in [-0.05, 0) is 18.9 Å². The molecule has 0 unspecified atom stereocenters. The third kappa shape index (κ3) is 4.95. The van der Waals surface area contributed by atoms with Crippen molar-refractivity contribution < 1.29 is 22.8 Å². The van der Waals surface area contributed by atoms with Gasteiger partial charge < -0.3 is 9.47 Å². The van der Waals surface area contributed by atoms with Crippen LogP contribution in [0.4, 0.5) is 5.69 Å². The fourth-order valence-electron chi connectivity index (χ4n) is 1.45. The Bertz CT molecular complexity index is 574. The van der Waals surface area contributed by atoms with Crippen molar-refractivity contribution in [3.63, 3.8) is 0 Å². The molecule has 0 aliphatic carbocycles. The first-order valence-corrected chi connectivity index (χ1v) is 8.02. The smallest absolute Gasteiger partial charge is 0.271 e. The van der Waals surface area contributed by atoms with Gasteiger partial charge >= 0.3 is 0 Å². The van der Waals surface area contributed by atoms with Gasteiger partial charge in [0, 0.05) is 36.5 Å². The van der Waals surface area contributed by atoms with Crippen LogP contribution in [0.25, 0.3) is 0 Å². The summed E-state index contributed by atoms with van der Waals surface area (Å²) >= 11 is 0. The predicted octanol–water partition coefficient (Wildman–Crippen LogP) is 2.33. The molecule has 0 aromatic heterocycles. The first kappa shape index (κ1) is 16.7. The lowest BCUT2D eigenvalue weighted by molar-refractivity contribution is -0.385. The lowest BCUT2D eigenvalue weighted by atomic mass is 10.3. The lowest BCUT2D eigenvalue weighted by Crippen LogP contribution is -2.04. The minimum absolute atomic E-state index is 0.00279. The summed E-state index contributed by atoms with van der Waals surface area (Å²) in [6.45, 7) is 0.838. The van der Waals surface area contributed by atoms with Gasteiger partial charge in [-0.2, -0.15) is 0 Å². The van der Waals surface area contributed by atoms with Crippen LogP contribution in [0.3, 0.4) is 0 Å². The number of rotatable bonds is 8. The first-order chi connectivity index (χ1) is 9.36. The van der Waals surface area contributed by atoms with Crippen molar-refractivity contribution in [1.82, 2.24) is 0 Å². The zero-order valence-electron chi connectivity index (χ0n) is 10.7. The highest BCUT2D eigenvalue weighted by molar-refractivity contribution is 8.13. The van der Waals surface area contributed by atoms with E-state index in [1.165, 1.54) is 6.07 Å². The Hall–Kier alpha value is -1.38. The number of hydrogen-bond donors (Lipinski definition) is 0. The molecule has 1 aromatic carbocycles. The van der Waals surface area contributed by atoms with E-state index < -0.39 is 18.9 Å². The second-order valence-electron chi connectivity index (χ2n) is 3.87. The van der Waals surface area contributed by atoms with Crippen molar-refractivity contribution >= 4 is 25.4 Å². The van der Waals surface area contributed by atoms with Crippen LogP contribution in [0.5, 0.6) is 5.75 Å². The molecule has 0 aliphatic rings. The van der Waals surface area contributed by atoms with Crippen LogP contribution >= 0.6 is 10.7 Å². The highest BCUT2D eigenvalue weighted by Gasteiger charge is 2.21. The summed E-state index contributed by atoms with van der Waals surface area (Å²) in [5.74, 6) is 0.00279. The number of ether oxygens (including phenoxy) is 2. The standard InChI is InChI=1S/C11H14ClNO6S/c1-18-6-2-3-7-19-10-5-4-9(13(14)15)8-11(10)20(12,16)17/h4-5,8H,2-3,6-7H2,1H3. The highest BCUT2D eigenvalue weighted by Crippen LogP contribution is 2.30. The maximum atomic E-state index is 11.4. The normalized spacial score (nSPS) is 11.3. The second kappa shape index (κ2) is 7.41. The molecule has 0 heterocycles. The molecule has 0 saturated heterocycles. The van der Waals surface area contributed by atoms with E-state index in [1.54, 1.807) is 7.11 Å². The van der Waals surface area contributed by atoms with Crippen molar-refractivity contribution in [2.45, 2.75) is 17.7 Å². The van der Waals surface area contributed by atoms with Crippen molar-refractivity contribution in [3.05, 3.63) is 28.3 Å². The van der Waals surface area contributed by atoms with E-state index in [2.05, 4.69) is 0 Å². The van der Waals surface area contributed by atoms with Crippen LogP contribution in [0.2, 0.25) is 0 Å². The molecule has 0 aliphatic heterocycles. The molecule has 0 amide bonds. The molecular formula is C11H14ClNO6S. The fourth-order valence-corrected chi connectivity index (χ4v) is 2.44. The lowest BCUT2D eigenvalue weighted by Gasteiger charge is -2.09. The Morgan fingerprint density at radius 3 is 2.50 bits per heavy atom. The number of halogens is 1. The average Bonchev–Trinajstić information content (AvgIpc) is 2.37. The number of nitrogens with zero attached hydrogens (tertiary/aromatic N) is 1. The number of unbranched alkanes of at least 4 members (excludes halogenated alkanes) is 1. The molecule has 20 heavy (non-hydrogen) atoms. The van der Waals surface area contributed by atoms with Crippen molar-refractivity contribution in [1.29, 1.82) is 0 Å². The van der Waals surface area contributed by atoms with Gasteiger partial charge in [0.25, 0.3) is 14.7 Å². The van der Waals surface area contributed by atoms with E-state index in [9.17, 15) is 18.5 Å². The molecule has 0 N–H and O–H groups in total. The number of non-ortho nitro benzene ring substituents is 1. The van der Waals surface area contributed by atoms with Gasteiger partial charge in [-0.1, -0.05) is 0 Å². The summed E-state index contributed by atoms with van der Waals surface area (Å²) in [7, 11) is 2.71.